The van der Waals surface area contributed by atoms with Gasteiger partial charge in [0.2, 0.25) is 0 Å². The van der Waals surface area contributed by atoms with Crippen molar-refractivity contribution in [2.24, 2.45) is 0 Å². The SMILES string of the molecule is OC(C=Cc1ccc(Sc2ccc(F)cc2)o1)c1ncn[nH]1. The molecule has 112 valence electrons. The Morgan fingerprint density at radius 1 is 1.23 bits per heavy atom. The standard InChI is InChI=1S/C15H12FN3O2S/c16-10-1-5-12(6-2-10)22-14-8-4-11(21-14)3-7-13(20)15-17-9-18-19-15/h1-9,13,20H,(H,17,18,19). The van der Waals surface area contributed by atoms with E-state index in [1.54, 1.807) is 30.4 Å². The average Bonchev–Trinajstić information content (AvgIpc) is 3.19. The normalized spacial score (nSPS) is 12.8. The molecule has 0 radical (unpaired) electrons. The average molecular weight is 317 g/mol. The number of benzene rings is 1. The zero-order valence-electron chi connectivity index (χ0n) is 11.3. The molecule has 0 saturated heterocycles. The molecule has 0 spiro atoms. The zero-order valence-corrected chi connectivity index (χ0v) is 12.1. The van der Waals surface area contributed by atoms with E-state index in [-0.39, 0.29) is 5.82 Å². The van der Waals surface area contributed by atoms with Crippen molar-refractivity contribution in [1.29, 1.82) is 0 Å². The Balaban J connectivity index is 1.64. The number of furan rings is 1. The molecule has 0 saturated carbocycles. The van der Waals surface area contributed by atoms with Gasteiger partial charge in [0.1, 0.15) is 24.0 Å². The van der Waals surface area contributed by atoms with Crippen LogP contribution in [0.4, 0.5) is 4.39 Å². The van der Waals surface area contributed by atoms with Gasteiger partial charge < -0.3 is 9.52 Å². The number of nitrogens with zero attached hydrogens (tertiary/aromatic N) is 2. The molecule has 0 bridgehead atoms. The van der Waals surface area contributed by atoms with E-state index in [9.17, 15) is 9.50 Å². The zero-order chi connectivity index (χ0) is 15.4. The number of H-pyrrole nitrogens is 1. The molecule has 1 unspecified atom stereocenters. The Morgan fingerprint density at radius 3 is 2.77 bits per heavy atom. The van der Waals surface area contributed by atoms with Gasteiger partial charge in [0.05, 0.1) is 0 Å². The highest BCUT2D eigenvalue weighted by Gasteiger charge is 2.07. The lowest BCUT2D eigenvalue weighted by atomic mass is 10.3. The van der Waals surface area contributed by atoms with Gasteiger partial charge in [-0.15, -0.1) is 0 Å². The van der Waals surface area contributed by atoms with Crippen LogP contribution < -0.4 is 0 Å². The number of rotatable bonds is 5. The molecular formula is C15H12FN3O2S. The van der Waals surface area contributed by atoms with Crippen LogP contribution in [-0.2, 0) is 0 Å². The first-order valence-electron chi connectivity index (χ1n) is 6.45. The highest BCUT2D eigenvalue weighted by molar-refractivity contribution is 7.99. The molecule has 3 rings (SSSR count). The third kappa shape index (κ3) is 3.63. The summed E-state index contributed by atoms with van der Waals surface area (Å²) in [4.78, 5) is 4.75. The van der Waals surface area contributed by atoms with E-state index in [4.69, 9.17) is 4.42 Å². The maximum absolute atomic E-state index is 12.8. The Kier molecular flexibility index (Phi) is 4.36. The molecule has 1 aromatic carbocycles. The molecule has 0 aliphatic carbocycles. The van der Waals surface area contributed by atoms with Crippen LogP contribution >= 0.6 is 11.8 Å². The van der Waals surface area contributed by atoms with E-state index in [1.165, 1.54) is 30.2 Å². The van der Waals surface area contributed by atoms with E-state index < -0.39 is 6.10 Å². The lowest BCUT2D eigenvalue weighted by molar-refractivity contribution is 0.219. The van der Waals surface area contributed by atoms with Gasteiger partial charge in [-0.25, -0.2) is 9.37 Å². The van der Waals surface area contributed by atoms with Crippen LogP contribution in [0.25, 0.3) is 6.08 Å². The van der Waals surface area contributed by atoms with Crippen molar-refractivity contribution in [3.05, 3.63) is 66.2 Å². The van der Waals surface area contributed by atoms with E-state index in [0.717, 1.165) is 4.90 Å². The van der Waals surface area contributed by atoms with Crippen molar-refractivity contribution in [3.63, 3.8) is 0 Å². The number of hydrogen-bond acceptors (Lipinski definition) is 5. The second-order valence-corrected chi connectivity index (χ2v) is 5.47. The molecule has 1 atom stereocenters. The van der Waals surface area contributed by atoms with Crippen molar-refractivity contribution in [3.8, 4) is 0 Å². The van der Waals surface area contributed by atoms with Gasteiger partial charge in [-0.2, -0.15) is 5.10 Å². The summed E-state index contributed by atoms with van der Waals surface area (Å²) in [6, 6.07) is 9.78. The Labute approximate surface area is 129 Å². The van der Waals surface area contributed by atoms with Gasteiger partial charge in [-0.1, -0.05) is 11.8 Å². The van der Waals surface area contributed by atoms with Gasteiger partial charge in [0, 0.05) is 4.90 Å². The Bertz CT molecular complexity index is 753. The van der Waals surface area contributed by atoms with Gasteiger partial charge in [-0.05, 0) is 48.6 Å². The van der Waals surface area contributed by atoms with Crippen LogP contribution in [0.1, 0.15) is 17.7 Å². The lowest BCUT2D eigenvalue weighted by Gasteiger charge is -1.99. The van der Waals surface area contributed by atoms with Crippen LogP contribution in [-0.4, -0.2) is 20.3 Å². The Morgan fingerprint density at radius 2 is 2.05 bits per heavy atom. The minimum absolute atomic E-state index is 0.270. The number of aromatic amines is 1. The summed E-state index contributed by atoms with van der Waals surface area (Å²) in [7, 11) is 0. The molecule has 2 aromatic heterocycles. The minimum atomic E-state index is -0.874. The van der Waals surface area contributed by atoms with Crippen molar-refractivity contribution in [2.75, 3.05) is 0 Å². The number of hydrogen-bond donors (Lipinski definition) is 2. The monoisotopic (exact) mass is 317 g/mol. The lowest BCUT2D eigenvalue weighted by Crippen LogP contribution is -1.95. The molecule has 2 heterocycles. The molecule has 0 amide bonds. The van der Waals surface area contributed by atoms with Gasteiger partial charge in [0.25, 0.3) is 0 Å². The number of nitrogens with one attached hydrogen (secondary N) is 1. The van der Waals surface area contributed by atoms with Crippen LogP contribution in [0, 0.1) is 5.82 Å². The van der Waals surface area contributed by atoms with Gasteiger partial charge >= 0.3 is 0 Å². The third-order valence-corrected chi connectivity index (χ3v) is 3.72. The second-order valence-electron chi connectivity index (χ2n) is 4.39. The maximum atomic E-state index is 12.8. The predicted octanol–water partition coefficient (Wildman–Crippen LogP) is 3.43. The van der Waals surface area contributed by atoms with Crippen LogP contribution in [0.2, 0.25) is 0 Å². The number of aromatic nitrogens is 3. The van der Waals surface area contributed by atoms with Crippen molar-refractivity contribution < 1.29 is 13.9 Å². The first kappa shape index (κ1) is 14.6. The number of aliphatic hydroxyl groups excluding tert-OH is 1. The summed E-state index contributed by atoms with van der Waals surface area (Å²) in [5.41, 5.74) is 0. The fourth-order valence-corrected chi connectivity index (χ4v) is 2.51. The topological polar surface area (TPSA) is 74.9 Å². The van der Waals surface area contributed by atoms with Crippen molar-refractivity contribution in [2.45, 2.75) is 16.1 Å². The Hall–Kier alpha value is -2.38. The first-order valence-corrected chi connectivity index (χ1v) is 7.27. The van der Waals surface area contributed by atoms with E-state index in [0.29, 0.717) is 16.7 Å². The molecule has 5 nitrogen and oxygen atoms in total. The van der Waals surface area contributed by atoms with E-state index in [1.807, 2.05) is 6.07 Å². The first-order chi connectivity index (χ1) is 10.7. The van der Waals surface area contributed by atoms with Crippen LogP contribution in [0.5, 0.6) is 0 Å². The summed E-state index contributed by atoms with van der Waals surface area (Å²) in [5.74, 6) is 0.695. The molecule has 0 aliphatic rings. The number of aliphatic hydroxyl groups is 1. The van der Waals surface area contributed by atoms with Crippen LogP contribution in [0.15, 0.2) is 63.2 Å². The highest BCUT2D eigenvalue weighted by atomic mass is 32.2. The number of halogens is 1. The molecule has 0 fully saturated rings. The largest absolute Gasteiger partial charge is 0.450 e. The summed E-state index contributed by atoms with van der Waals surface area (Å²) in [6.07, 6.45) is 3.66. The molecule has 22 heavy (non-hydrogen) atoms. The molecular weight excluding hydrogens is 305 g/mol. The third-order valence-electron chi connectivity index (χ3n) is 2.79. The summed E-state index contributed by atoms with van der Waals surface area (Å²) >= 11 is 1.39. The summed E-state index contributed by atoms with van der Waals surface area (Å²) in [6.45, 7) is 0. The van der Waals surface area contributed by atoms with Gasteiger partial charge in [-0.3, -0.25) is 5.10 Å². The van der Waals surface area contributed by atoms with Gasteiger partial charge in [0.15, 0.2) is 10.9 Å². The fraction of sp³-hybridized carbons (Fsp3) is 0.0667. The molecule has 0 aliphatic heterocycles. The van der Waals surface area contributed by atoms with Crippen molar-refractivity contribution in [1.82, 2.24) is 15.2 Å². The molecule has 3 aromatic rings. The quantitative estimate of drug-likeness (QED) is 0.754. The smallest absolute Gasteiger partial charge is 0.165 e. The second kappa shape index (κ2) is 6.59. The minimum Gasteiger partial charge on any atom is -0.450 e. The highest BCUT2D eigenvalue weighted by Crippen LogP contribution is 2.29. The molecule has 7 heteroatoms. The maximum Gasteiger partial charge on any atom is 0.165 e. The predicted molar refractivity (Wildman–Crippen MR) is 79.6 cm³/mol. The van der Waals surface area contributed by atoms with E-state index in [2.05, 4.69) is 15.2 Å². The van der Waals surface area contributed by atoms with E-state index >= 15 is 0 Å². The molecule has 2 N–H and O–H groups in total. The fourth-order valence-electron chi connectivity index (χ4n) is 1.73. The van der Waals surface area contributed by atoms with Crippen molar-refractivity contribution >= 4 is 17.8 Å². The summed E-state index contributed by atoms with van der Waals surface area (Å²) < 4.78 is 18.5. The van der Waals surface area contributed by atoms with Crippen LogP contribution in [0.3, 0.4) is 0 Å². The summed E-state index contributed by atoms with van der Waals surface area (Å²) in [5, 5.41) is 16.8.